The molecule has 7 heteroatoms. The minimum absolute atomic E-state index is 0.0717. The highest BCUT2D eigenvalue weighted by Gasteiger charge is 2.31. The molecule has 0 aromatic heterocycles. The van der Waals surface area contributed by atoms with Gasteiger partial charge >= 0.3 is 0 Å². The number of carbonyl (C=O) groups is 1. The number of nitrogens with zero attached hydrogens (tertiary/aromatic N) is 3. The molecule has 6 nitrogen and oxygen atoms in total. The van der Waals surface area contributed by atoms with E-state index in [2.05, 4.69) is 16.3 Å². The van der Waals surface area contributed by atoms with Gasteiger partial charge in [0, 0.05) is 19.1 Å². The van der Waals surface area contributed by atoms with Gasteiger partial charge in [0.1, 0.15) is 11.6 Å². The summed E-state index contributed by atoms with van der Waals surface area (Å²) in [6, 6.07) is 23.1. The van der Waals surface area contributed by atoms with E-state index in [1.807, 2.05) is 49.4 Å². The monoisotopic (exact) mass is 468 g/mol. The third-order valence-electron chi connectivity index (χ3n) is 6.13. The van der Waals surface area contributed by atoms with Crippen molar-refractivity contribution in [1.29, 1.82) is 10.5 Å². The molecule has 1 heterocycles. The van der Waals surface area contributed by atoms with E-state index in [1.54, 1.807) is 12.1 Å². The van der Waals surface area contributed by atoms with Crippen molar-refractivity contribution >= 4 is 5.91 Å². The smallest absolute Gasteiger partial charge is 0.254 e. The van der Waals surface area contributed by atoms with Crippen LogP contribution in [0.25, 0.3) is 0 Å². The zero-order chi connectivity index (χ0) is 24.8. The largest absolute Gasteiger partial charge is 0.494 e. The molecule has 1 N–H and O–H groups in total. The van der Waals surface area contributed by atoms with Gasteiger partial charge in [0.15, 0.2) is 0 Å². The number of likely N-dealkylation sites (tertiary alicyclic amines) is 1. The molecule has 35 heavy (non-hydrogen) atoms. The Morgan fingerprint density at radius 2 is 1.69 bits per heavy atom. The lowest BCUT2D eigenvalue weighted by Crippen LogP contribution is -2.38. The van der Waals surface area contributed by atoms with Crippen LogP contribution in [-0.4, -0.2) is 36.5 Å². The summed E-state index contributed by atoms with van der Waals surface area (Å²) in [7, 11) is 0. The van der Waals surface area contributed by atoms with Gasteiger partial charge in [0.2, 0.25) is 0 Å². The molecule has 1 aliphatic rings. The maximum Gasteiger partial charge on any atom is 0.254 e. The first-order chi connectivity index (χ1) is 17.0. The zero-order valence-corrected chi connectivity index (χ0v) is 19.4. The van der Waals surface area contributed by atoms with E-state index in [9.17, 15) is 14.4 Å². The van der Waals surface area contributed by atoms with Gasteiger partial charge in [0.25, 0.3) is 5.91 Å². The summed E-state index contributed by atoms with van der Waals surface area (Å²) in [4.78, 5) is 15.0. The molecule has 4 rings (SSSR count). The highest BCUT2D eigenvalue weighted by atomic mass is 19.1. The molecule has 0 radical (unpaired) electrons. The topological polar surface area (TPSA) is 89.2 Å². The second-order valence-electron chi connectivity index (χ2n) is 8.40. The van der Waals surface area contributed by atoms with Crippen molar-refractivity contribution in [2.24, 2.45) is 0 Å². The Hall–Kier alpha value is -4.20. The fourth-order valence-corrected chi connectivity index (χ4v) is 4.44. The van der Waals surface area contributed by atoms with Gasteiger partial charge in [0.05, 0.1) is 41.5 Å². The van der Waals surface area contributed by atoms with Crippen LogP contribution in [0.5, 0.6) is 5.75 Å². The number of carbonyl (C=O) groups excluding carboxylic acids is 1. The maximum atomic E-state index is 14.3. The van der Waals surface area contributed by atoms with Crippen molar-refractivity contribution in [3.8, 4) is 17.9 Å². The van der Waals surface area contributed by atoms with Crippen LogP contribution in [0.3, 0.4) is 0 Å². The Morgan fingerprint density at radius 1 is 1.06 bits per heavy atom. The van der Waals surface area contributed by atoms with Gasteiger partial charge in [-0.3, -0.25) is 9.69 Å². The molecule has 1 saturated heterocycles. The number of hydrogen-bond acceptors (Lipinski definition) is 5. The van der Waals surface area contributed by atoms with Crippen molar-refractivity contribution in [2.75, 3.05) is 19.7 Å². The number of amides is 1. The van der Waals surface area contributed by atoms with Crippen molar-refractivity contribution in [3.63, 3.8) is 0 Å². The van der Waals surface area contributed by atoms with E-state index in [0.717, 1.165) is 29.5 Å². The Bertz CT molecular complexity index is 1280. The van der Waals surface area contributed by atoms with E-state index in [1.165, 1.54) is 12.1 Å². The predicted octanol–water partition coefficient (Wildman–Crippen LogP) is 4.56. The first-order valence-electron chi connectivity index (χ1n) is 11.5. The van der Waals surface area contributed by atoms with E-state index < -0.39 is 11.7 Å². The average molecular weight is 469 g/mol. The van der Waals surface area contributed by atoms with Crippen molar-refractivity contribution < 1.29 is 13.9 Å². The minimum atomic E-state index is -0.707. The van der Waals surface area contributed by atoms with E-state index in [4.69, 9.17) is 10.00 Å². The van der Waals surface area contributed by atoms with Crippen molar-refractivity contribution in [2.45, 2.75) is 25.4 Å². The Kier molecular flexibility index (Phi) is 7.40. The number of ether oxygens (including phenoxy) is 1. The Balaban J connectivity index is 1.54. The molecule has 0 aliphatic carbocycles. The van der Waals surface area contributed by atoms with Crippen LogP contribution in [0.2, 0.25) is 0 Å². The molecule has 3 aromatic rings. The first-order valence-corrected chi connectivity index (χ1v) is 11.5. The summed E-state index contributed by atoms with van der Waals surface area (Å²) < 4.78 is 19.9. The minimum Gasteiger partial charge on any atom is -0.494 e. The van der Waals surface area contributed by atoms with Gasteiger partial charge in [-0.05, 0) is 66.9 Å². The fourth-order valence-electron chi connectivity index (χ4n) is 4.44. The molecular formula is C28H25FN4O2. The van der Waals surface area contributed by atoms with Crippen LogP contribution in [0, 0.1) is 28.5 Å². The molecule has 0 bridgehead atoms. The van der Waals surface area contributed by atoms with Crippen LogP contribution in [-0.2, 0) is 0 Å². The molecule has 0 saturated carbocycles. The van der Waals surface area contributed by atoms with Crippen LogP contribution < -0.4 is 10.1 Å². The molecule has 1 aliphatic heterocycles. The number of rotatable bonds is 7. The normalized spacial score (nSPS) is 16.2. The fraction of sp³-hybridized carbons (Fsp3) is 0.250. The van der Waals surface area contributed by atoms with Gasteiger partial charge in [-0.2, -0.15) is 10.5 Å². The van der Waals surface area contributed by atoms with Crippen LogP contribution in [0.4, 0.5) is 4.39 Å². The number of nitrogens with one attached hydrogen (secondary N) is 1. The standard InChI is InChI=1S/C28H25FN4O2/c1-2-35-24-10-8-22(9-11-24)27(21-6-3-19(16-30)4-7-21)33-14-13-23(18-33)32-28(34)25-12-5-20(17-31)15-26(25)29/h3-12,15,23,27H,2,13-14,18H2,1H3,(H,32,34)/t23-,27?/m1/s1. The molecular weight excluding hydrogens is 443 g/mol. The summed E-state index contributed by atoms with van der Waals surface area (Å²) in [6.45, 7) is 3.85. The Morgan fingerprint density at radius 3 is 2.29 bits per heavy atom. The lowest BCUT2D eigenvalue weighted by Gasteiger charge is -2.29. The number of nitriles is 2. The summed E-state index contributed by atoms with van der Waals surface area (Å²) in [5.74, 6) is -0.401. The second kappa shape index (κ2) is 10.8. The van der Waals surface area contributed by atoms with Crippen LogP contribution in [0.15, 0.2) is 66.7 Å². The van der Waals surface area contributed by atoms with Crippen LogP contribution in [0.1, 0.15) is 52.0 Å². The molecule has 3 aromatic carbocycles. The van der Waals surface area contributed by atoms with Crippen molar-refractivity contribution in [1.82, 2.24) is 10.2 Å². The SMILES string of the molecule is CCOc1ccc(C(c2ccc(C#N)cc2)N2CC[C@@H](NC(=O)c3ccc(C#N)cc3F)C2)cc1. The highest BCUT2D eigenvalue weighted by molar-refractivity contribution is 5.94. The Labute approximate surface area is 204 Å². The molecule has 1 fully saturated rings. The molecule has 1 amide bonds. The van der Waals surface area contributed by atoms with Crippen molar-refractivity contribution in [3.05, 3.63) is 100 Å². The molecule has 0 spiro atoms. The zero-order valence-electron chi connectivity index (χ0n) is 19.4. The third kappa shape index (κ3) is 5.48. The predicted molar refractivity (Wildman–Crippen MR) is 129 cm³/mol. The quantitative estimate of drug-likeness (QED) is 0.549. The summed E-state index contributed by atoms with van der Waals surface area (Å²) >= 11 is 0. The first kappa shape index (κ1) is 23.9. The lowest BCUT2D eigenvalue weighted by atomic mass is 9.96. The van der Waals surface area contributed by atoms with E-state index in [0.29, 0.717) is 25.1 Å². The summed E-state index contributed by atoms with van der Waals surface area (Å²) in [6.07, 6.45) is 0.716. The second-order valence-corrected chi connectivity index (χ2v) is 8.40. The third-order valence-corrected chi connectivity index (χ3v) is 6.13. The number of halogens is 1. The summed E-state index contributed by atoms with van der Waals surface area (Å²) in [5, 5.41) is 21.0. The molecule has 1 unspecified atom stereocenters. The van der Waals surface area contributed by atoms with Crippen LogP contribution >= 0.6 is 0 Å². The highest BCUT2D eigenvalue weighted by Crippen LogP contribution is 2.33. The van der Waals surface area contributed by atoms with Gasteiger partial charge in [-0.15, -0.1) is 0 Å². The van der Waals surface area contributed by atoms with Gasteiger partial charge in [-0.25, -0.2) is 4.39 Å². The molecule has 2 atom stereocenters. The van der Waals surface area contributed by atoms with E-state index in [-0.39, 0.29) is 23.2 Å². The van der Waals surface area contributed by atoms with E-state index >= 15 is 0 Å². The number of hydrogen-bond donors (Lipinski definition) is 1. The summed E-state index contributed by atoms with van der Waals surface area (Å²) in [5.41, 5.74) is 2.81. The average Bonchev–Trinajstić information content (AvgIpc) is 3.33. The lowest BCUT2D eigenvalue weighted by molar-refractivity contribution is 0.0933. The number of benzene rings is 3. The maximum absolute atomic E-state index is 14.3. The van der Waals surface area contributed by atoms with Gasteiger partial charge < -0.3 is 10.1 Å². The van der Waals surface area contributed by atoms with Gasteiger partial charge in [-0.1, -0.05) is 24.3 Å². The molecule has 176 valence electrons.